The largest absolute Gasteiger partial charge is 0.386 e. The molecule has 17 heavy (non-hydrogen) atoms. The van der Waals surface area contributed by atoms with Crippen molar-refractivity contribution >= 4 is 35.3 Å². The van der Waals surface area contributed by atoms with Crippen LogP contribution in [0.1, 0.15) is 12.5 Å². The minimum atomic E-state index is -0.227. The Morgan fingerprint density at radius 2 is 2.12 bits per heavy atom. The first-order valence-electron chi connectivity index (χ1n) is 5.01. The Balaban J connectivity index is 2.51. The second-order valence-electron chi connectivity index (χ2n) is 3.10. The maximum Gasteiger partial charge on any atom is 0.260 e. The van der Waals surface area contributed by atoms with Crippen LogP contribution in [0, 0.1) is 0 Å². The predicted molar refractivity (Wildman–Crippen MR) is 68.7 cm³/mol. The van der Waals surface area contributed by atoms with Gasteiger partial charge >= 0.3 is 0 Å². The zero-order valence-corrected chi connectivity index (χ0v) is 10.8. The molecule has 0 spiro atoms. The number of nitrogens with zero attached hydrogens (tertiary/aromatic N) is 1. The van der Waals surface area contributed by atoms with Crippen molar-refractivity contribution in [2.75, 3.05) is 13.2 Å². The average Bonchev–Trinajstić information content (AvgIpc) is 2.28. The Morgan fingerprint density at radius 3 is 2.71 bits per heavy atom. The van der Waals surface area contributed by atoms with Crippen molar-refractivity contribution in [3.05, 3.63) is 33.8 Å². The molecule has 0 aromatic heterocycles. The molecule has 1 rings (SSSR count). The molecule has 6 heteroatoms. The van der Waals surface area contributed by atoms with Crippen LogP contribution in [0.15, 0.2) is 23.4 Å². The first-order chi connectivity index (χ1) is 8.15. The lowest BCUT2D eigenvalue weighted by molar-refractivity contribution is -0.125. The van der Waals surface area contributed by atoms with E-state index in [1.54, 1.807) is 18.2 Å². The van der Waals surface area contributed by atoms with Crippen LogP contribution < -0.4 is 5.32 Å². The monoisotopic (exact) mass is 274 g/mol. The van der Waals surface area contributed by atoms with E-state index in [2.05, 4.69) is 10.5 Å². The van der Waals surface area contributed by atoms with E-state index in [1.165, 1.54) is 6.21 Å². The van der Waals surface area contributed by atoms with Gasteiger partial charge in [0.05, 0.1) is 16.3 Å². The maximum atomic E-state index is 11.0. The number of nitrogens with one attached hydrogen (secondary N) is 1. The van der Waals surface area contributed by atoms with Crippen molar-refractivity contribution in [3.63, 3.8) is 0 Å². The van der Waals surface area contributed by atoms with Crippen LogP contribution in [0.5, 0.6) is 0 Å². The number of carbonyl (C=O) groups is 1. The highest BCUT2D eigenvalue weighted by molar-refractivity contribution is 6.38. The minimum Gasteiger partial charge on any atom is -0.386 e. The molecule has 1 aromatic rings. The Morgan fingerprint density at radius 1 is 1.47 bits per heavy atom. The van der Waals surface area contributed by atoms with Crippen molar-refractivity contribution in [2.24, 2.45) is 5.16 Å². The van der Waals surface area contributed by atoms with E-state index in [-0.39, 0.29) is 12.5 Å². The van der Waals surface area contributed by atoms with Gasteiger partial charge in [-0.2, -0.15) is 0 Å². The van der Waals surface area contributed by atoms with E-state index in [1.807, 2.05) is 6.92 Å². The van der Waals surface area contributed by atoms with Crippen molar-refractivity contribution < 1.29 is 9.63 Å². The number of oxime groups is 1. The van der Waals surface area contributed by atoms with Gasteiger partial charge in [0.15, 0.2) is 6.61 Å². The molecule has 0 bridgehead atoms. The quantitative estimate of drug-likeness (QED) is 0.663. The zero-order chi connectivity index (χ0) is 12.7. The van der Waals surface area contributed by atoms with E-state index in [0.29, 0.717) is 22.2 Å². The van der Waals surface area contributed by atoms with Crippen LogP contribution in [0.4, 0.5) is 0 Å². The van der Waals surface area contributed by atoms with E-state index in [9.17, 15) is 4.79 Å². The minimum absolute atomic E-state index is 0.133. The molecule has 4 nitrogen and oxygen atoms in total. The number of benzene rings is 1. The fourth-order valence-corrected chi connectivity index (χ4v) is 1.56. The van der Waals surface area contributed by atoms with Gasteiger partial charge in [-0.3, -0.25) is 4.79 Å². The molecule has 1 aromatic carbocycles. The standard InChI is InChI=1S/C11H12Cl2N2O2/c1-2-14-11(16)7-17-15-6-8-9(12)4-3-5-10(8)13/h3-6H,2,7H2,1H3,(H,14,16). The third-order valence-electron chi connectivity index (χ3n) is 1.83. The molecular weight excluding hydrogens is 263 g/mol. The lowest BCUT2D eigenvalue weighted by atomic mass is 10.2. The van der Waals surface area contributed by atoms with E-state index in [4.69, 9.17) is 28.0 Å². The molecular formula is C11H12Cl2N2O2. The van der Waals surface area contributed by atoms with Crippen LogP contribution in [-0.4, -0.2) is 25.3 Å². The average molecular weight is 275 g/mol. The van der Waals surface area contributed by atoms with Crippen molar-refractivity contribution in [3.8, 4) is 0 Å². The molecule has 1 N–H and O–H groups in total. The summed E-state index contributed by atoms with van der Waals surface area (Å²) in [5, 5.41) is 7.16. The lowest BCUT2D eigenvalue weighted by Crippen LogP contribution is -2.26. The summed E-state index contributed by atoms with van der Waals surface area (Å²) in [7, 11) is 0. The van der Waals surface area contributed by atoms with E-state index < -0.39 is 0 Å². The van der Waals surface area contributed by atoms with Gasteiger partial charge < -0.3 is 10.2 Å². The molecule has 0 radical (unpaired) electrons. The summed E-state index contributed by atoms with van der Waals surface area (Å²) < 4.78 is 0. The van der Waals surface area contributed by atoms with E-state index >= 15 is 0 Å². The predicted octanol–water partition coefficient (Wildman–Crippen LogP) is 2.48. The molecule has 0 aliphatic heterocycles. The highest BCUT2D eigenvalue weighted by atomic mass is 35.5. The lowest BCUT2D eigenvalue weighted by Gasteiger charge is -2.01. The fourth-order valence-electron chi connectivity index (χ4n) is 1.07. The first-order valence-corrected chi connectivity index (χ1v) is 5.76. The SMILES string of the molecule is CCNC(=O)CON=Cc1c(Cl)cccc1Cl. The number of halogens is 2. The van der Waals surface area contributed by atoms with Crippen LogP contribution in [0.2, 0.25) is 10.0 Å². The summed E-state index contributed by atoms with van der Waals surface area (Å²) >= 11 is 11.8. The smallest absolute Gasteiger partial charge is 0.260 e. The molecule has 0 fully saturated rings. The molecule has 0 aliphatic carbocycles. The Bertz CT molecular complexity index is 402. The number of hydrogen-bond acceptors (Lipinski definition) is 3. The van der Waals surface area contributed by atoms with Gasteiger partial charge in [0, 0.05) is 12.1 Å². The number of hydrogen-bond donors (Lipinski definition) is 1. The molecule has 0 saturated heterocycles. The number of likely N-dealkylation sites (N-methyl/N-ethyl adjacent to an activating group) is 1. The highest BCUT2D eigenvalue weighted by Crippen LogP contribution is 2.22. The van der Waals surface area contributed by atoms with Crippen LogP contribution in [0.25, 0.3) is 0 Å². The van der Waals surface area contributed by atoms with Crippen LogP contribution in [0.3, 0.4) is 0 Å². The molecule has 1 amide bonds. The summed E-state index contributed by atoms with van der Waals surface area (Å²) in [5.74, 6) is -0.227. The Hall–Kier alpha value is -1.26. The van der Waals surface area contributed by atoms with Gasteiger partial charge in [-0.05, 0) is 19.1 Å². The summed E-state index contributed by atoms with van der Waals surface area (Å²) in [6.07, 6.45) is 1.38. The van der Waals surface area contributed by atoms with Crippen LogP contribution >= 0.6 is 23.2 Å². The second-order valence-corrected chi connectivity index (χ2v) is 3.91. The van der Waals surface area contributed by atoms with Crippen LogP contribution in [-0.2, 0) is 9.63 Å². The molecule has 0 aliphatic rings. The topological polar surface area (TPSA) is 50.7 Å². The number of carbonyl (C=O) groups excluding carboxylic acids is 1. The number of rotatable bonds is 5. The van der Waals surface area contributed by atoms with Gasteiger partial charge in [-0.15, -0.1) is 0 Å². The molecule has 0 heterocycles. The van der Waals surface area contributed by atoms with Gasteiger partial charge in [0.1, 0.15) is 0 Å². The summed E-state index contributed by atoms with van der Waals surface area (Å²) in [5.41, 5.74) is 0.562. The summed E-state index contributed by atoms with van der Waals surface area (Å²) in [4.78, 5) is 15.8. The zero-order valence-electron chi connectivity index (χ0n) is 9.24. The molecule has 0 unspecified atom stereocenters. The third kappa shape index (κ3) is 4.63. The summed E-state index contributed by atoms with van der Waals surface area (Å²) in [6, 6.07) is 5.12. The van der Waals surface area contributed by atoms with Gasteiger partial charge in [0.25, 0.3) is 5.91 Å². The molecule has 0 saturated carbocycles. The summed E-state index contributed by atoms with van der Waals surface area (Å²) in [6.45, 7) is 2.25. The Labute approximate surface area is 110 Å². The Kier molecular flexibility index (Phi) is 5.80. The van der Waals surface area contributed by atoms with E-state index in [0.717, 1.165) is 0 Å². The normalized spacial score (nSPS) is 10.5. The van der Waals surface area contributed by atoms with Crippen molar-refractivity contribution in [2.45, 2.75) is 6.92 Å². The van der Waals surface area contributed by atoms with Gasteiger partial charge in [-0.25, -0.2) is 0 Å². The van der Waals surface area contributed by atoms with Gasteiger partial charge in [0.2, 0.25) is 0 Å². The highest BCUT2D eigenvalue weighted by Gasteiger charge is 2.02. The fraction of sp³-hybridized carbons (Fsp3) is 0.273. The number of amides is 1. The third-order valence-corrected chi connectivity index (χ3v) is 2.48. The molecule has 0 atom stereocenters. The van der Waals surface area contributed by atoms with Gasteiger partial charge in [-0.1, -0.05) is 34.4 Å². The van der Waals surface area contributed by atoms with Crippen molar-refractivity contribution in [1.29, 1.82) is 0 Å². The van der Waals surface area contributed by atoms with Crippen molar-refractivity contribution in [1.82, 2.24) is 5.32 Å². The second kappa shape index (κ2) is 7.14. The first kappa shape index (κ1) is 13.8. The molecule has 92 valence electrons. The maximum absolute atomic E-state index is 11.0.